The van der Waals surface area contributed by atoms with E-state index in [1.165, 1.54) is 16.7 Å². The average molecular weight is 421 g/mol. The largest absolute Gasteiger partial charge is 0.465 e. The molecule has 0 saturated carbocycles. The van der Waals surface area contributed by atoms with Crippen LogP contribution in [0.1, 0.15) is 11.1 Å². The molecule has 1 aromatic heterocycles. The van der Waals surface area contributed by atoms with Crippen LogP contribution in [0.3, 0.4) is 0 Å². The Morgan fingerprint density at radius 2 is 2.00 bits per heavy atom. The lowest BCUT2D eigenvalue weighted by Gasteiger charge is -2.36. The standard InChI is InChI=1S/C21H19N5O3S/c1-30-19-22-11-15-13-25(12-14-6-3-2-4-7-14)21(29)26(18(15)24-19)17-9-5-8-16(10-17)23-20(27)28/h2-11,23H,12-13H2,1H3,(H,27,28). The minimum atomic E-state index is -1.17. The van der Waals surface area contributed by atoms with Crippen LogP contribution in [0.2, 0.25) is 0 Å². The van der Waals surface area contributed by atoms with Gasteiger partial charge in [0.2, 0.25) is 0 Å². The molecule has 2 N–H and O–H groups in total. The summed E-state index contributed by atoms with van der Waals surface area (Å²) in [7, 11) is 0. The van der Waals surface area contributed by atoms with Crippen molar-refractivity contribution in [1.82, 2.24) is 14.9 Å². The maximum Gasteiger partial charge on any atom is 0.409 e. The van der Waals surface area contributed by atoms with Gasteiger partial charge in [0.1, 0.15) is 0 Å². The first kappa shape index (κ1) is 19.7. The van der Waals surface area contributed by atoms with Gasteiger partial charge in [0.15, 0.2) is 11.0 Å². The van der Waals surface area contributed by atoms with Gasteiger partial charge < -0.3 is 10.0 Å². The predicted molar refractivity (Wildman–Crippen MR) is 115 cm³/mol. The van der Waals surface area contributed by atoms with Crippen molar-refractivity contribution < 1.29 is 14.7 Å². The Kier molecular flexibility index (Phi) is 5.53. The molecule has 0 fully saturated rings. The Bertz CT molecular complexity index is 1090. The molecule has 30 heavy (non-hydrogen) atoms. The zero-order valence-corrected chi connectivity index (χ0v) is 17.0. The number of carboxylic acid groups (broad SMARTS) is 1. The van der Waals surface area contributed by atoms with Gasteiger partial charge in [-0.3, -0.25) is 5.32 Å². The fourth-order valence-corrected chi connectivity index (χ4v) is 3.63. The lowest BCUT2D eigenvalue weighted by atomic mass is 10.1. The number of thioether (sulfide) groups is 1. The molecule has 2 aromatic carbocycles. The number of carbonyl (C=O) groups excluding carboxylic acids is 1. The third kappa shape index (κ3) is 4.06. The summed E-state index contributed by atoms with van der Waals surface area (Å²) in [5, 5.41) is 11.9. The van der Waals surface area contributed by atoms with Crippen LogP contribution in [-0.4, -0.2) is 38.4 Å². The van der Waals surface area contributed by atoms with Gasteiger partial charge in [-0.1, -0.05) is 48.2 Å². The summed E-state index contributed by atoms with van der Waals surface area (Å²) in [5.41, 5.74) is 2.72. The van der Waals surface area contributed by atoms with Gasteiger partial charge in [-0.25, -0.2) is 24.5 Å². The highest BCUT2D eigenvalue weighted by molar-refractivity contribution is 7.98. The van der Waals surface area contributed by atoms with Gasteiger partial charge in [0, 0.05) is 24.0 Å². The number of aromatic nitrogens is 2. The number of urea groups is 1. The van der Waals surface area contributed by atoms with E-state index in [-0.39, 0.29) is 6.03 Å². The molecule has 1 aliphatic rings. The summed E-state index contributed by atoms with van der Waals surface area (Å²) in [6.07, 6.45) is 2.44. The summed E-state index contributed by atoms with van der Waals surface area (Å²) >= 11 is 1.39. The van der Waals surface area contributed by atoms with Gasteiger partial charge >= 0.3 is 12.1 Å². The molecule has 9 heteroatoms. The van der Waals surface area contributed by atoms with E-state index in [4.69, 9.17) is 5.11 Å². The molecule has 0 bridgehead atoms. The van der Waals surface area contributed by atoms with Crippen LogP contribution in [0.15, 0.2) is 66.0 Å². The number of rotatable bonds is 5. The Labute approximate surface area is 177 Å². The van der Waals surface area contributed by atoms with Crippen molar-refractivity contribution in [2.45, 2.75) is 18.2 Å². The predicted octanol–water partition coefficient (Wildman–Crippen LogP) is 4.56. The number of benzene rings is 2. The van der Waals surface area contributed by atoms with Crippen LogP contribution in [0.4, 0.5) is 26.8 Å². The Morgan fingerprint density at radius 3 is 2.73 bits per heavy atom. The Morgan fingerprint density at radius 1 is 1.20 bits per heavy atom. The second-order valence-electron chi connectivity index (χ2n) is 6.65. The van der Waals surface area contributed by atoms with Crippen molar-refractivity contribution in [3.8, 4) is 0 Å². The molecule has 0 aliphatic carbocycles. The molecule has 0 spiro atoms. The highest BCUT2D eigenvalue weighted by atomic mass is 32.2. The summed E-state index contributed by atoms with van der Waals surface area (Å²) in [5.74, 6) is 0.510. The first-order chi connectivity index (χ1) is 14.5. The van der Waals surface area contributed by atoms with Crippen molar-refractivity contribution in [3.05, 3.63) is 71.9 Å². The SMILES string of the molecule is CSc1ncc2c(n1)N(c1cccc(NC(=O)O)c1)C(=O)N(Cc1ccccc1)C2. The molecule has 0 atom stereocenters. The summed E-state index contributed by atoms with van der Waals surface area (Å²) in [6.45, 7) is 0.828. The number of nitrogens with one attached hydrogen (secondary N) is 1. The third-order valence-corrected chi connectivity index (χ3v) is 5.17. The number of amides is 3. The lowest BCUT2D eigenvalue weighted by molar-refractivity contribution is 0.198. The fourth-order valence-electron chi connectivity index (χ4n) is 3.30. The Balaban J connectivity index is 1.76. The molecule has 3 amide bonds. The first-order valence-electron chi connectivity index (χ1n) is 9.18. The van der Waals surface area contributed by atoms with Crippen molar-refractivity contribution in [1.29, 1.82) is 0 Å². The second kappa shape index (κ2) is 8.42. The van der Waals surface area contributed by atoms with E-state index in [0.717, 1.165) is 11.1 Å². The highest BCUT2D eigenvalue weighted by Crippen LogP contribution is 2.35. The molecule has 0 saturated heterocycles. The van der Waals surface area contributed by atoms with Gasteiger partial charge in [0.25, 0.3) is 0 Å². The second-order valence-corrected chi connectivity index (χ2v) is 7.42. The molecule has 0 radical (unpaired) electrons. The van der Waals surface area contributed by atoms with Gasteiger partial charge in [-0.2, -0.15) is 0 Å². The molecular formula is C21H19N5O3S. The van der Waals surface area contributed by atoms with Gasteiger partial charge in [0.05, 0.1) is 12.2 Å². The van der Waals surface area contributed by atoms with Crippen LogP contribution in [0, 0.1) is 0 Å². The van der Waals surface area contributed by atoms with Crippen molar-refractivity contribution in [2.75, 3.05) is 16.5 Å². The fraction of sp³-hybridized carbons (Fsp3) is 0.143. The third-order valence-electron chi connectivity index (χ3n) is 4.61. The van der Waals surface area contributed by atoms with Gasteiger partial charge in [-0.05, 0) is 30.0 Å². The molecule has 0 unspecified atom stereocenters. The zero-order chi connectivity index (χ0) is 21.1. The maximum absolute atomic E-state index is 13.5. The van der Waals surface area contributed by atoms with Crippen molar-refractivity contribution >= 4 is 41.1 Å². The number of anilines is 3. The van der Waals surface area contributed by atoms with Crippen LogP contribution < -0.4 is 10.2 Å². The van der Waals surface area contributed by atoms with Crippen LogP contribution >= 0.6 is 11.8 Å². The van der Waals surface area contributed by atoms with Crippen molar-refractivity contribution in [2.24, 2.45) is 0 Å². The number of hydrogen-bond donors (Lipinski definition) is 2. The molecular weight excluding hydrogens is 402 g/mol. The lowest BCUT2D eigenvalue weighted by Crippen LogP contribution is -2.45. The molecule has 3 aromatic rings. The molecule has 2 heterocycles. The quantitative estimate of drug-likeness (QED) is 0.463. The van der Waals surface area contributed by atoms with E-state index in [9.17, 15) is 9.59 Å². The van der Waals surface area contributed by atoms with Crippen LogP contribution in [-0.2, 0) is 13.1 Å². The maximum atomic E-state index is 13.5. The van der Waals surface area contributed by atoms with Crippen LogP contribution in [0.25, 0.3) is 0 Å². The summed E-state index contributed by atoms with van der Waals surface area (Å²) in [6, 6.07) is 16.2. The number of carbonyl (C=O) groups is 2. The molecule has 152 valence electrons. The van der Waals surface area contributed by atoms with E-state index in [1.807, 2.05) is 36.6 Å². The number of nitrogens with zero attached hydrogens (tertiary/aromatic N) is 4. The monoisotopic (exact) mass is 421 g/mol. The average Bonchev–Trinajstić information content (AvgIpc) is 2.74. The number of fused-ring (bicyclic) bond motifs is 1. The smallest absolute Gasteiger partial charge is 0.409 e. The molecule has 8 nitrogen and oxygen atoms in total. The Hall–Kier alpha value is -3.59. The van der Waals surface area contributed by atoms with Crippen molar-refractivity contribution in [3.63, 3.8) is 0 Å². The van der Waals surface area contributed by atoms with E-state index >= 15 is 0 Å². The van der Waals surface area contributed by atoms with E-state index in [0.29, 0.717) is 35.4 Å². The van der Waals surface area contributed by atoms with E-state index in [1.54, 1.807) is 35.4 Å². The minimum absolute atomic E-state index is 0.232. The van der Waals surface area contributed by atoms with Crippen LogP contribution in [0.5, 0.6) is 0 Å². The first-order valence-corrected chi connectivity index (χ1v) is 10.4. The number of hydrogen-bond acceptors (Lipinski definition) is 5. The zero-order valence-electron chi connectivity index (χ0n) is 16.1. The summed E-state index contributed by atoms with van der Waals surface area (Å²) in [4.78, 5) is 36.7. The van der Waals surface area contributed by atoms with Gasteiger partial charge in [-0.15, -0.1) is 0 Å². The van der Waals surface area contributed by atoms with E-state index in [2.05, 4.69) is 15.3 Å². The minimum Gasteiger partial charge on any atom is -0.465 e. The molecule has 4 rings (SSSR count). The topological polar surface area (TPSA) is 98.7 Å². The van der Waals surface area contributed by atoms with E-state index < -0.39 is 6.09 Å². The highest BCUT2D eigenvalue weighted by Gasteiger charge is 2.33. The normalized spacial score (nSPS) is 13.2. The summed E-state index contributed by atoms with van der Waals surface area (Å²) < 4.78 is 0. The molecule has 1 aliphatic heterocycles.